The maximum absolute atomic E-state index is 13.6. The number of anilines is 1. The fourth-order valence-corrected chi connectivity index (χ4v) is 4.52. The zero-order chi connectivity index (χ0) is 26.2. The van der Waals surface area contributed by atoms with E-state index in [1.807, 2.05) is 48.5 Å². The second kappa shape index (κ2) is 12.0. The Kier molecular flexibility index (Phi) is 8.29. The van der Waals surface area contributed by atoms with Gasteiger partial charge in [-0.2, -0.15) is 0 Å². The maximum atomic E-state index is 13.6. The second-order valence-corrected chi connectivity index (χ2v) is 9.29. The molecule has 1 aromatic heterocycles. The van der Waals surface area contributed by atoms with Crippen LogP contribution in [0.3, 0.4) is 0 Å². The summed E-state index contributed by atoms with van der Waals surface area (Å²) in [6.45, 7) is 0.346. The highest BCUT2D eigenvalue weighted by Crippen LogP contribution is 2.24. The Balaban J connectivity index is 1.55. The van der Waals surface area contributed by atoms with Crippen molar-refractivity contribution in [3.8, 4) is 12.3 Å². The third-order valence-corrected chi connectivity index (χ3v) is 6.67. The van der Waals surface area contributed by atoms with Gasteiger partial charge in [-0.05, 0) is 42.0 Å². The van der Waals surface area contributed by atoms with Gasteiger partial charge in [0.1, 0.15) is 6.04 Å². The van der Waals surface area contributed by atoms with Crippen LogP contribution >= 0.6 is 11.3 Å². The Morgan fingerprint density at radius 2 is 1.76 bits per heavy atom. The van der Waals surface area contributed by atoms with Crippen molar-refractivity contribution in [1.29, 1.82) is 0 Å². The molecule has 0 aliphatic rings. The van der Waals surface area contributed by atoms with Crippen LogP contribution in [0.2, 0.25) is 0 Å². The lowest BCUT2D eigenvalue weighted by molar-refractivity contribution is -0.120. The quantitative estimate of drug-likeness (QED) is 0.263. The van der Waals surface area contributed by atoms with Crippen molar-refractivity contribution in [2.75, 3.05) is 18.5 Å². The predicted molar refractivity (Wildman–Crippen MR) is 147 cm³/mol. The Bertz CT molecular complexity index is 1460. The molecule has 3 amide bonds. The molecular weight excluding hydrogens is 484 g/mol. The number of carbonyl (C=O) groups excluding carboxylic acids is 3. The van der Waals surface area contributed by atoms with Gasteiger partial charge in [0.05, 0.1) is 15.7 Å². The zero-order valence-electron chi connectivity index (χ0n) is 20.3. The van der Waals surface area contributed by atoms with Crippen LogP contribution in [0, 0.1) is 12.3 Å². The molecule has 0 aliphatic heterocycles. The molecule has 37 heavy (non-hydrogen) atoms. The molecule has 0 aliphatic carbocycles. The summed E-state index contributed by atoms with van der Waals surface area (Å²) < 4.78 is 1.03. The summed E-state index contributed by atoms with van der Waals surface area (Å²) in [6.07, 6.45) is 5.95. The van der Waals surface area contributed by atoms with Crippen LogP contribution in [0.25, 0.3) is 10.2 Å². The van der Waals surface area contributed by atoms with Crippen molar-refractivity contribution in [2.45, 2.75) is 18.9 Å². The third-order valence-electron chi connectivity index (χ3n) is 5.86. The van der Waals surface area contributed by atoms with Crippen molar-refractivity contribution in [3.63, 3.8) is 0 Å². The smallest absolute Gasteiger partial charge is 0.251 e. The Hall–Kier alpha value is -4.48. The zero-order valence-corrected chi connectivity index (χ0v) is 21.1. The van der Waals surface area contributed by atoms with E-state index in [-0.39, 0.29) is 17.4 Å². The van der Waals surface area contributed by atoms with Crippen molar-refractivity contribution in [1.82, 2.24) is 15.6 Å². The summed E-state index contributed by atoms with van der Waals surface area (Å²) in [7, 11) is 1.68. The summed E-state index contributed by atoms with van der Waals surface area (Å²) >= 11 is 1.53. The largest absolute Gasteiger partial charge is 0.351 e. The first-order valence-corrected chi connectivity index (χ1v) is 12.6. The van der Waals surface area contributed by atoms with Crippen LogP contribution in [-0.4, -0.2) is 42.3 Å². The van der Waals surface area contributed by atoms with Crippen LogP contribution < -0.4 is 15.5 Å². The summed E-state index contributed by atoms with van der Waals surface area (Å²) in [4.78, 5) is 45.1. The summed E-state index contributed by atoms with van der Waals surface area (Å²) in [5, 5.41) is 5.60. The van der Waals surface area contributed by atoms with Gasteiger partial charge in [0.15, 0.2) is 0 Å². The maximum Gasteiger partial charge on any atom is 0.251 e. The van der Waals surface area contributed by atoms with Crippen LogP contribution in [0.15, 0.2) is 78.3 Å². The number of hydrogen-bond acceptors (Lipinski definition) is 5. The van der Waals surface area contributed by atoms with E-state index < -0.39 is 11.9 Å². The lowest BCUT2D eigenvalue weighted by atomic mass is 10.0. The lowest BCUT2D eigenvalue weighted by Gasteiger charge is -2.25. The molecule has 0 unspecified atom stereocenters. The first-order chi connectivity index (χ1) is 18.0. The van der Waals surface area contributed by atoms with Gasteiger partial charge in [-0.1, -0.05) is 36.4 Å². The fraction of sp³-hybridized carbons (Fsp3) is 0.172. The van der Waals surface area contributed by atoms with Gasteiger partial charge >= 0.3 is 0 Å². The normalized spacial score (nSPS) is 11.4. The summed E-state index contributed by atoms with van der Waals surface area (Å²) in [5.41, 5.74) is 4.78. The van der Waals surface area contributed by atoms with E-state index in [1.165, 1.54) is 22.3 Å². The molecule has 0 saturated carbocycles. The van der Waals surface area contributed by atoms with Gasteiger partial charge in [0, 0.05) is 43.2 Å². The van der Waals surface area contributed by atoms with Gasteiger partial charge < -0.3 is 15.5 Å². The minimum Gasteiger partial charge on any atom is -0.351 e. The standard InChI is InChI=1S/C29H26N4O3S/c1-3-4-15-30-27(34)21-11-8-12-22(17-21)28(35)32-25(16-20-9-6-5-7-10-20)29(36)33(2)23-13-14-26-24(18-23)31-19-37-26/h1,5-14,17-19,25H,4,15-16H2,2H3,(H,30,34)(H,32,35)/t25-/m0/s1. The highest BCUT2D eigenvalue weighted by atomic mass is 32.1. The van der Waals surface area contributed by atoms with Crippen molar-refractivity contribution < 1.29 is 14.4 Å². The number of nitrogens with zero attached hydrogens (tertiary/aromatic N) is 2. The molecule has 186 valence electrons. The summed E-state index contributed by atoms with van der Waals surface area (Å²) in [5.74, 6) is 1.43. The number of thiazole rings is 1. The third kappa shape index (κ3) is 6.40. The molecule has 8 heteroatoms. The molecule has 0 saturated heterocycles. The van der Waals surface area contributed by atoms with Gasteiger partial charge in [-0.15, -0.1) is 23.7 Å². The lowest BCUT2D eigenvalue weighted by Crippen LogP contribution is -2.48. The molecule has 4 aromatic rings. The van der Waals surface area contributed by atoms with E-state index in [0.29, 0.717) is 30.6 Å². The van der Waals surface area contributed by atoms with Crippen molar-refractivity contribution in [3.05, 3.63) is 95.0 Å². The molecule has 7 nitrogen and oxygen atoms in total. The monoisotopic (exact) mass is 510 g/mol. The number of carbonyl (C=O) groups is 3. The van der Waals surface area contributed by atoms with Gasteiger partial charge in [0.2, 0.25) is 5.91 Å². The molecule has 2 N–H and O–H groups in total. The van der Waals surface area contributed by atoms with E-state index >= 15 is 0 Å². The molecule has 1 heterocycles. The SMILES string of the molecule is C#CCCNC(=O)c1cccc(C(=O)N[C@@H](Cc2ccccc2)C(=O)N(C)c2ccc3scnc3c2)c1. The fourth-order valence-electron chi connectivity index (χ4n) is 3.86. The minimum atomic E-state index is -0.834. The first-order valence-electron chi connectivity index (χ1n) is 11.7. The number of aromatic nitrogens is 1. The number of nitrogens with one attached hydrogen (secondary N) is 2. The molecule has 0 bridgehead atoms. The molecule has 0 spiro atoms. The van der Waals surface area contributed by atoms with Crippen LogP contribution in [-0.2, 0) is 11.2 Å². The van der Waals surface area contributed by atoms with E-state index in [9.17, 15) is 14.4 Å². The Morgan fingerprint density at radius 1 is 1.00 bits per heavy atom. The highest BCUT2D eigenvalue weighted by molar-refractivity contribution is 7.16. The number of rotatable bonds is 9. The van der Waals surface area contributed by atoms with E-state index in [2.05, 4.69) is 21.5 Å². The molecule has 0 fully saturated rings. The Morgan fingerprint density at radius 3 is 2.51 bits per heavy atom. The number of amides is 3. The highest BCUT2D eigenvalue weighted by Gasteiger charge is 2.26. The number of fused-ring (bicyclic) bond motifs is 1. The van der Waals surface area contributed by atoms with Gasteiger partial charge in [-0.3, -0.25) is 14.4 Å². The van der Waals surface area contributed by atoms with E-state index in [0.717, 1.165) is 15.8 Å². The molecule has 1 atom stereocenters. The molecule has 3 aromatic carbocycles. The molecule has 4 rings (SSSR count). The number of terminal acetylenes is 1. The van der Waals surface area contributed by atoms with Crippen molar-refractivity contribution in [2.24, 2.45) is 0 Å². The second-order valence-electron chi connectivity index (χ2n) is 8.41. The van der Waals surface area contributed by atoms with Crippen LogP contribution in [0.5, 0.6) is 0 Å². The Labute approximate surface area is 219 Å². The average Bonchev–Trinajstić information content (AvgIpc) is 3.40. The topological polar surface area (TPSA) is 91.4 Å². The van der Waals surface area contributed by atoms with Gasteiger partial charge in [-0.25, -0.2) is 4.98 Å². The number of benzene rings is 3. The van der Waals surface area contributed by atoms with Crippen LogP contribution in [0.1, 0.15) is 32.7 Å². The first kappa shape index (κ1) is 25.6. The van der Waals surface area contributed by atoms with E-state index in [4.69, 9.17) is 6.42 Å². The molecule has 0 radical (unpaired) electrons. The van der Waals surface area contributed by atoms with Gasteiger partial charge in [0.25, 0.3) is 11.8 Å². The van der Waals surface area contributed by atoms with E-state index in [1.54, 1.807) is 30.8 Å². The van der Waals surface area contributed by atoms with Crippen LogP contribution in [0.4, 0.5) is 5.69 Å². The molecular formula is C29H26N4O3S. The number of hydrogen-bond donors (Lipinski definition) is 2. The average molecular weight is 511 g/mol. The van der Waals surface area contributed by atoms with Crippen molar-refractivity contribution >= 4 is 45.0 Å². The number of likely N-dealkylation sites (N-methyl/N-ethyl adjacent to an activating group) is 1. The minimum absolute atomic E-state index is 0.269. The summed E-state index contributed by atoms with van der Waals surface area (Å²) in [6, 6.07) is 20.7. The predicted octanol–water partition coefficient (Wildman–Crippen LogP) is 4.05.